The Morgan fingerprint density at radius 2 is 2.12 bits per heavy atom. The third-order valence-corrected chi connectivity index (χ3v) is 4.28. The van der Waals surface area contributed by atoms with E-state index in [4.69, 9.17) is 14.6 Å². The Balaban J connectivity index is 2.07. The van der Waals surface area contributed by atoms with Gasteiger partial charge in [0, 0.05) is 6.54 Å². The molecule has 0 saturated carbocycles. The first-order chi connectivity index (χ1) is 11.7. The molecule has 6 heteroatoms. The molecule has 25 heavy (non-hydrogen) atoms. The lowest BCUT2D eigenvalue weighted by molar-refractivity contribution is -0.150. The van der Waals surface area contributed by atoms with Crippen LogP contribution in [0.4, 0.5) is 0 Å². The van der Waals surface area contributed by atoms with Crippen LogP contribution < -0.4 is 4.74 Å². The summed E-state index contributed by atoms with van der Waals surface area (Å²) in [7, 11) is 0. The van der Waals surface area contributed by atoms with Gasteiger partial charge in [-0.05, 0) is 30.0 Å². The quantitative estimate of drug-likeness (QED) is 0.884. The molecule has 0 aliphatic carbocycles. The van der Waals surface area contributed by atoms with E-state index < -0.39 is 18.1 Å². The van der Waals surface area contributed by atoms with Crippen LogP contribution in [0, 0.1) is 0 Å². The zero-order chi connectivity index (χ0) is 18.6. The van der Waals surface area contributed by atoms with E-state index in [0.29, 0.717) is 18.9 Å². The van der Waals surface area contributed by atoms with Gasteiger partial charge in [0.1, 0.15) is 5.75 Å². The van der Waals surface area contributed by atoms with Gasteiger partial charge in [-0.3, -0.25) is 9.59 Å². The van der Waals surface area contributed by atoms with Crippen molar-refractivity contribution in [3.63, 3.8) is 0 Å². The monoisotopic (exact) mass is 349 g/mol. The van der Waals surface area contributed by atoms with Gasteiger partial charge in [-0.2, -0.15) is 0 Å². The highest BCUT2D eigenvalue weighted by molar-refractivity contribution is 5.82. The van der Waals surface area contributed by atoms with E-state index in [2.05, 4.69) is 20.8 Å². The van der Waals surface area contributed by atoms with E-state index in [-0.39, 0.29) is 24.3 Å². The van der Waals surface area contributed by atoms with Crippen LogP contribution >= 0.6 is 0 Å². The number of rotatable bonds is 5. The van der Waals surface area contributed by atoms with Gasteiger partial charge < -0.3 is 19.5 Å². The summed E-state index contributed by atoms with van der Waals surface area (Å²) in [6, 6.07) is 7.26. The summed E-state index contributed by atoms with van der Waals surface area (Å²) in [5.74, 6) is -0.521. The highest BCUT2D eigenvalue weighted by Gasteiger charge is 2.32. The molecule has 1 fully saturated rings. The van der Waals surface area contributed by atoms with Crippen LogP contribution in [0.15, 0.2) is 24.3 Å². The molecule has 0 aromatic heterocycles. The number of carboxylic acids is 1. The zero-order valence-corrected chi connectivity index (χ0v) is 15.3. The molecule has 2 atom stereocenters. The standard InChI is InChI=1S/C19H27NO5/c1-13(25-16-7-5-6-14(10-16)19(2,3)4)18(23)20-8-9-24-12-15(20)11-17(21)22/h5-7,10,13,15H,8-9,11-12H2,1-4H3,(H,21,22). The molecule has 0 radical (unpaired) electrons. The second-order valence-corrected chi connectivity index (χ2v) is 7.40. The lowest BCUT2D eigenvalue weighted by atomic mass is 9.87. The summed E-state index contributed by atoms with van der Waals surface area (Å²) in [6.45, 7) is 9.07. The SMILES string of the molecule is CC(Oc1cccc(C(C)(C)C)c1)C(=O)N1CCOCC1CC(=O)O. The molecule has 1 N–H and O–H groups in total. The Morgan fingerprint density at radius 3 is 2.76 bits per heavy atom. The van der Waals surface area contributed by atoms with E-state index in [1.807, 2.05) is 24.3 Å². The number of ether oxygens (including phenoxy) is 2. The number of nitrogens with zero attached hydrogens (tertiary/aromatic N) is 1. The minimum absolute atomic E-state index is 0.0105. The molecule has 1 aliphatic rings. The number of aliphatic carboxylic acids is 1. The fraction of sp³-hybridized carbons (Fsp3) is 0.579. The number of carboxylic acid groups (broad SMARTS) is 1. The number of carbonyl (C=O) groups excluding carboxylic acids is 1. The van der Waals surface area contributed by atoms with Crippen LogP contribution in [0.1, 0.15) is 39.7 Å². The summed E-state index contributed by atoms with van der Waals surface area (Å²) in [5, 5.41) is 9.02. The highest BCUT2D eigenvalue weighted by Crippen LogP contribution is 2.26. The van der Waals surface area contributed by atoms with Gasteiger partial charge in [0.25, 0.3) is 5.91 Å². The van der Waals surface area contributed by atoms with E-state index >= 15 is 0 Å². The molecule has 2 unspecified atom stereocenters. The molecule has 6 nitrogen and oxygen atoms in total. The van der Waals surface area contributed by atoms with E-state index in [9.17, 15) is 9.59 Å². The number of hydrogen-bond donors (Lipinski definition) is 1. The summed E-state index contributed by atoms with van der Waals surface area (Å²) < 4.78 is 11.2. The summed E-state index contributed by atoms with van der Waals surface area (Å²) in [4.78, 5) is 25.3. The van der Waals surface area contributed by atoms with Gasteiger partial charge in [-0.1, -0.05) is 32.9 Å². The third-order valence-electron chi connectivity index (χ3n) is 4.28. The first-order valence-electron chi connectivity index (χ1n) is 8.55. The van der Waals surface area contributed by atoms with Gasteiger partial charge in [-0.15, -0.1) is 0 Å². The third kappa shape index (κ3) is 5.19. The van der Waals surface area contributed by atoms with Crippen LogP contribution in [-0.2, 0) is 19.7 Å². The smallest absolute Gasteiger partial charge is 0.305 e. The maximum absolute atomic E-state index is 12.7. The fourth-order valence-electron chi connectivity index (χ4n) is 2.84. The predicted octanol–water partition coefficient (Wildman–Crippen LogP) is 2.45. The molecule has 1 heterocycles. The predicted molar refractivity (Wildman–Crippen MR) is 93.8 cm³/mol. The van der Waals surface area contributed by atoms with Gasteiger partial charge in [-0.25, -0.2) is 0 Å². The minimum Gasteiger partial charge on any atom is -0.481 e. The van der Waals surface area contributed by atoms with Crippen molar-refractivity contribution in [1.82, 2.24) is 4.90 Å². The summed E-state index contributed by atoms with van der Waals surface area (Å²) in [6.07, 6.45) is -0.817. The lowest BCUT2D eigenvalue weighted by Crippen LogP contribution is -2.53. The van der Waals surface area contributed by atoms with Crippen molar-refractivity contribution in [2.45, 2.75) is 51.7 Å². The Morgan fingerprint density at radius 1 is 1.40 bits per heavy atom. The molecule has 1 saturated heterocycles. The van der Waals surface area contributed by atoms with Crippen molar-refractivity contribution in [1.29, 1.82) is 0 Å². The van der Waals surface area contributed by atoms with Crippen LogP contribution in [0.25, 0.3) is 0 Å². The van der Waals surface area contributed by atoms with Crippen LogP contribution in [0.3, 0.4) is 0 Å². The molecule has 2 rings (SSSR count). The molecule has 0 bridgehead atoms. The van der Waals surface area contributed by atoms with Gasteiger partial charge in [0.15, 0.2) is 6.10 Å². The Labute approximate surface area is 148 Å². The number of carbonyl (C=O) groups is 2. The second-order valence-electron chi connectivity index (χ2n) is 7.40. The van der Waals surface area contributed by atoms with Crippen LogP contribution in [0.2, 0.25) is 0 Å². The molecule has 1 aromatic rings. The molecular weight excluding hydrogens is 322 g/mol. The van der Waals surface area contributed by atoms with E-state index in [0.717, 1.165) is 5.56 Å². The number of amides is 1. The summed E-state index contributed by atoms with van der Waals surface area (Å²) in [5.41, 5.74) is 1.11. The first kappa shape index (κ1) is 19.2. The molecule has 1 aliphatic heterocycles. The highest BCUT2D eigenvalue weighted by atomic mass is 16.5. The Kier molecular flexibility index (Phi) is 6.06. The molecule has 1 amide bonds. The molecular formula is C19H27NO5. The maximum Gasteiger partial charge on any atom is 0.305 e. The van der Waals surface area contributed by atoms with Crippen molar-refractivity contribution < 1.29 is 24.2 Å². The van der Waals surface area contributed by atoms with Crippen LogP contribution in [0.5, 0.6) is 5.75 Å². The topological polar surface area (TPSA) is 76.1 Å². The van der Waals surface area contributed by atoms with E-state index in [1.54, 1.807) is 11.8 Å². The average Bonchev–Trinajstić information content (AvgIpc) is 2.53. The Hall–Kier alpha value is -2.08. The van der Waals surface area contributed by atoms with Gasteiger partial charge in [0.05, 0.1) is 25.7 Å². The zero-order valence-electron chi connectivity index (χ0n) is 15.3. The van der Waals surface area contributed by atoms with Gasteiger partial charge in [0.2, 0.25) is 0 Å². The van der Waals surface area contributed by atoms with Crippen molar-refractivity contribution in [2.75, 3.05) is 19.8 Å². The van der Waals surface area contributed by atoms with Crippen molar-refractivity contribution in [3.05, 3.63) is 29.8 Å². The number of morpholine rings is 1. The average molecular weight is 349 g/mol. The van der Waals surface area contributed by atoms with Crippen molar-refractivity contribution >= 4 is 11.9 Å². The molecule has 138 valence electrons. The Bertz CT molecular complexity index is 622. The second kappa shape index (κ2) is 7.87. The van der Waals surface area contributed by atoms with Crippen molar-refractivity contribution in [2.24, 2.45) is 0 Å². The largest absolute Gasteiger partial charge is 0.481 e. The fourth-order valence-corrected chi connectivity index (χ4v) is 2.84. The van der Waals surface area contributed by atoms with Crippen LogP contribution in [-0.4, -0.2) is 53.8 Å². The minimum atomic E-state index is -0.945. The maximum atomic E-state index is 12.7. The van der Waals surface area contributed by atoms with Crippen molar-refractivity contribution in [3.8, 4) is 5.75 Å². The molecule has 1 aromatic carbocycles. The van der Waals surface area contributed by atoms with E-state index in [1.165, 1.54) is 0 Å². The summed E-state index contributed by atoms with van der Waals surface area (Å²) >= 11 is 0. The lowest BCUT2D eigenvalue weighted by Gasteiger charge is -2.36. The normalized spacial score (nSPS) is 19.4. The first-order valence-corrected chi connectivity index (χ1v) is 8.55. The number of hydrogen-bond acceptors (Lipinski definition) is 4. The number of benzene rings is 1. The molecule has 0 spiro atoms. The van der Waals surface area contributed by atoms with Gasteiger partial charge >= 0.3 is 5.97 Å².